The van der Waals surface area contributed by atoms with Crippen molar-refractivity contribution in [1.29, 1.82) is 0 Å². The fraction of sp³-hybridized carbons (Fsp3) is 0.571. The molecule has 0 aromatic carbocycles. The highest BCUT2D eigenvalue weighted by Crippen LogP contribution is 2.32. The first kappa shape index (κ1) is 15.7. The van der Waals surface area contributed by atoms with Gasteiger partial charge in [0.2, 0.25) is 0 Å². The molecule has 100 valence electrons. The molecule has 0 saturated carbocycles. The summed E-state index contributed by atoms with van der Waals surface area (Å²) in [6.07, 6.45) is -16.5. The highest BCUT2D eigenvalue weighted by molar-refractivity contribution is 5.86. The minimum absolute atomic E-state index is 1.46. The lowest BCUT2D eigenvalue weighted by atomic mass is 10.1. The summed E-state index contributed by atoms with van der Waals surface area (Å²) in [5.74, 6) is -2.19. The third-order valence-electron chi connectivity index (χ3n) is 1.42. The van der Waals surface area contributed by atoms with Gasteiger partial charge in [0, 0.05) is 6.42 Å². The lowest BCUT2D eigenvalue weighted by Gasteiger charge is -2.17. The molecule has 0 aromatic rings. The van der Waals surface area contributed by atoms with Crippen molar-refractivity contribution >= 4 is 5.97 Å². The van der Waals surface area contributed by atoms with Gasteiger partial charge in [-0.3, -0.25) is 0 Å². The van der Waals surface area contributed by atoms with E-state index < -0.39 is 42.9 Å². The van der Waals surface area contributed by atoms with Gasteiger partial charge in [-0.05, 0) is 6.42 Å². The third-order valence-corrected chi connectivity index (χ3v) is 1.42. The third kappa shape index (κ3) is 6.76. The van der Waals surface area contributed by atoms with Gasteiger partial charge in [0.1, 0.15) is 5.57 Å². The van der Waals surface area contributed by atoms with E-state index >= 15 is 0 Å². The minimum atomic E-state index is -5.65. The minimum Gasteiger partial charge on any atom is -0.478 e. The lowest BCUT2D eigenvalue weighted by molar-refractivity contribution is -0.425. The van der Waals surface area contributed by atoms with Crippen LogP contribution in [-0.4, -0.2) is 23.5 Å². The van der Waals surface area contributed by atoms with Crippen LogP contribution >= 0.6 is 0 Å². The number of halogens is 7. The Labute approximate surface area is 89.5 Å². The summed E-state index contributed by atoms with van der Waals surface area (Å²) in [6, 6.07) is 0. The molecule has 0 aliphatic heterocycles. The predicted molar refractivity (Wildman–Crippen MR) is 38.2 cm³/mol. The predicted octanol–water partition coefficient (Wildman–Crippen LogP) is 3.13. The normalized spacial score (nSPS) is 12.4. The molecule has 1 N–H and O–H groups in total. The van der Waals surface area contributed by atoms with Crippen molar-refractivity contribution in [1.82, 2.24) is 0 Å². The van der Waals surface area contributed by atoms with Gasteiger partial charge >= 0.3 is 18.4 Å². The van der Waals surface area contributed by atoms with E-state index in [0.29, 0.717) is 0 Å². The molecule has 0 heterocycles. The highest BCUT2D eigenvalue weighted by Gasteiger charge is 2.44. The van der Waals surface area contributed by atoms with Crippen molar-refractivity contribution in [3.63, 3.8) is 0 Å². The fourth-order valence-corrected chi connectivity index (χ4v) is 0.773. The number of aliphatic carboxylic acids is 1. The second-order valence-corrected chi connectivity index (χ2v) is 2.73. The van der Waals surface area contributed by atoms with Gasteiger partial charge in [-0.25, -0.2) is 9.53 Å². The maximum Gasteiger partial charge on any atom is 0.527 e. The molecular formula is C7H5F7O3. The molecule has 17 heavy (non-hydrogen) atoms. The van der Waals surface area contributed by atoms with Gasteiger partial charge < -0.3 is 5.11 Å². The summed E-state index contributed by atoms with van der Waals surface area (Å²) in [5.41, 5.74) is -1.68. The van der Waals surface area contributed by atoms with Gasteiger partial charge in [-0.2, -0.15) is 17.6 Å². The quantitative estimate of drug-likeness (QED) is 0.616. The molecule has 0 rings (SSSR count). The summed E-state index contributed by atoms with van der Waals surface area (Å²) in [6.45, 7) is 0. The standard InChI is InChI=1S/C7H5F7O3/c8-4(9)3(5(15)16)1-2-6(10,11)17-7(12,13)14/h1-2H2,(H,15,16). The Balaban J connectivity index is 4.56. The Kier molecular flexibility index (Phi) is 4.93. The van der Waals surface area contributed by atoms with Crippen LogP contribution in [0.25, 0.3) is 0 Å². The van der Waals surface area contributed by atoms with Gasteiger partial charge in [-0.1, -0.05) is 0 Å². The largest absolute Gasteiger partial charge is 0.527 e. The molecule has 0 aliphatic carbocycles. The van der Waals surface area contributed by atoms with E-state index in [-0.39, 0.29) is 0 Å². The Bertz CT molecular complexity index is 316. The van der Waals surface area contributed by atoms with Crippen LogP contribution in [0.15, 0.2) is 11.7 Å². The van der Waals surface area contributed by atoms with E-state index in [2.05, 4.69) is 4.74 Å². The summed E-state index contributed by atoms with van der Waals surface area (Å²) in [4.78, 5) is 10.1. The van der Waals surface area contributed by atoms with Crippen LogP contribution in [0.3, 0.4) is 0 Å². The average Bonchev–Trinajstić information content (AvgIpc) is 1.96. The second-order valence-electron chi connectivity index (χ2n) is 2.73. The number of carboxylic acid groups (broad SMARTS) is 1. The van der Waals surface area contributed by atoms with Crippen LogP contribution in [0.4, 0.5) is 30.7 Å². The summed E-state index contributed by atoms with van der Waals surface area (Å²) in [5, 5.41) is 8.13. The maximum absolute atomic E-state index is 12.4. The van der Waals surface area contributed by atoms with Crippen molar-refractivity contribution in [3.8, 4) is 0 Å². The van der Waals surface area contributed by atoms with Crippen LogP contribution in [-0.2, 0) is 9.53 Å². The van der Waals surface area contributed by atoms with Crippen LogP contribution in [0.2, 0.25) is 0 Å². The number of rotatable bonds is 5. The average molecular weight is 270 g/mol. The van der Waals surface area contributed by atoms with E-state index in [1.807, 2.05) is 0 Å². The molecule has 0 atom stereocenters. The molecule has 0 unspecified atom stereocenters. The Hall–Kier alpha value is -1.32. The monoisotopic (exact) mass is 270 g/mol. The Morgan fingerprint density at radius 2 is 1.59 bits per heavy atom. The van der Waals surface area contributed by atoms with E-state index in [1.165, 1.54) is 0 Å². The van der Waals surface area contributed by atoms with Crippen LogP contribution < -0.4 is 0 Å². The molecule has 0 amide bonds. The van der Waals surface area contributed by atoms with Crippen molar-refractivity contribution in [2.75, 3.05) is 0 Å². The first-order valence-corrected chi connectivity index (χ1v) is 3.87. The van der Waals surface area contributed by atoms with Crippen molar-refractivity contribution < 1.29 is 45.4 Å². The van der Waals surface area contributed by atoms with E-state index in [9.17, 15) is 35.5 Å². The number of carbonyl (C=O) groups is 1. The maximum atomic E-state index is 12.4. The summed E-state index contributed by atoms with van der Waals surface area (Å²) in [7, 11) is 0. The van der Waals surface area contributed by atoms with Crippen LogP contribution in [0.5, 0.6) is 0 Å². The summed E-state index contributed by atoms with van der Waals surface area (Å²) < 4.78 is 85.1. The van der Waals surface area contributed by atoms with Gasteiger partial charge in [0.15, 0.2) is 0 Å². The molecule has 3 nitrogen and oxygen atoms in total. The fourth-order valence-electron chi connectivity index (χ4n) is 0.773. The van der Waals surface area contributed by atoms with Gasteiger partial charge in [-0.15, -0.1) is 13.2 Å². The molecular weight excluding hydrogens is 265 g/mol. The van der Waals surface area contributed by atoms with Crippen LogP contribution in [0.1, 0.15) is 12.8 Å². The Morgan fingerprint density at radius 3 is 1.88 bits per heavy atom. The smallest absolute Gasteiger partial charge is 0.478 e. The molecule has 0 aromatic heterocycles. The number of hydrogen-bond donors (Lipinski definition) is 1. The van der Waals surface area contributed by atoms with Gasteiger partial charge in [0.05, 0.1) is 0 Å². The zero-order valence-electron chi connectivity index (χ0n) is 7.82. The first-order valence-electron chi connectivity index (χ1n) is 3.87. The topological polar surface area (TPSA) is 46.5 Å². The molecule has 0 bridgehead atoms. The van der Waals surface area contributed by atoms with Crippen molar-refractivity contribution in [3.05, 3.63) is 11.7 Å². The number of carboxylic acids is 1. The molecule has 0 spiro atoms. The van der Waals surface area contributed by atoms with Crippen molar-refractivity contribution in [2.45, 2.75) is 25.3 Å². The number of hydrogen-bond acceptors (Lipinski definition) is 2. The first-order chi connectivity index (χ1) is 7.44. The molecule has 0 radical (unpaired) electrons. The lowest BCUT2D eigenvalue weighted by Crippen LogP contribution is -2.30. The SMILES string of the molecule is O=C(O)C(CCC(F)(F)OC(F)(F)F)=C(F)F. The summed E-state index contributed by atoms with van der Waals surface area (Å²) >= 11 is 0. The number of ether oxygens (including phenoxy) is 1. The molecule has 0 aliphatic rings. The second kappa shape index (κ2) is 5.34. The zero-order valence-corrected chi connectivity index (χ0v) is 7.82. The number of alkyl halides is 5. The van der Waals surface area contributed by atoms with Crippen LogP contribution in [0, 0.1) is 0 Å². The van der Waals surface area contributed by atoms with E-state index in [0.717, 1.165) is 0 Å². The van der Waals surface area contributed by atoms with E-state index in [4.69, 9.17) is 5.11 Å². The molecule has 0 fully saturated rings. The van der Waals surface area contributed by atoms with Crippen molar-refractivity contribution in [2.24, 2.45) is 0 Å². The van der Waals surface area contributed by atoms with E-state index in [1.54, 1.807) is 0 Å². The zero-order chi connectivity index (χ0) is 13.9. The molecule has 0 saturated heterocycles. The molecule has 10 heteroatoms. The highest BCUT2D eigenvalue weighted by atomic mass is 19.4. The Morgan fingerprint density at radius 1 is 1.12 bits per heavy atom. The van der Waals surface area contributed by atoms with Gasteiger partial charge in [0.25, 0.3) is 6.08 Å².